The second-order valence-electron chi connectivity index (χ2n) is 6.07. The van der Waals surface area contributed by atoms with Crippen LogP contribution >= 0.6 is 23.2 Å². The second-order valence-corrected chi connectivity index (χ2v) is 6.88. The third-order valence-electron chi connectivity index (χ3n) is 4.13. The maximum atomic E-state index is 12.7. The summed E-state index contributed by atoms with van der Waals surface area (Å²) < 4.78 is 10.3. The van der Waals surface area contributed by atoms with Crippen molar-refractivity contribution in [3.8, 4) is 5.75 Å². The zero-order valence-corrected chi connectivity index (χ0v) is 17.0. The number of H-pyrrole nitrogens is 1. The quantitative estimate of drug-likeness (QED) is 0.555. The largest absolute Gasteiger partial charge is 0.494 e. The molecule has 0 spiro atoms. The van der Waals surface area contributed by atoms with Gasteiger partial charge in [0.05, 0.1) is 28.4 Å². The second kappa shape index (κ2) is 8.15. The average molecular weight is 412 g/mol. The molecule has 0 radical (unpaired) electrons. The van der Waals surface area contributed by atoms with E-state index in [1.807, 2.05) is 0 Å². The smallest absolute Gasteiger partial charge is 0.338 e. The monoisotopic (exact) mass is 411 g/mol. The first kappa shape index (κ1) is 21.0. The van der Waals surface area contributed by atoms with Gasteiger partial charge in [0.1, 0.15) is 0 Å². The molecule has 0 amide bonds. The highest BCUT2D eigenvalue weighted by Gasteiger charge is 2.26. The van der Waals surface area contributed by atoms with E-state index in [0.29, 0.717) is 16.8 Å². The maximum Gasteiger partial charge on any atom is 0.338 e. The summed E-state index contributed by atoms with van der Waals surface area (Å²) in [4.78, 5) is 39.6. The van der Waals surface area contributed by atoms with Gasteiger partial charge in [0.25, 0.3) is 0 Å². The lowest BCUT2D eigenvalue weighted by molar-refractivity contribution is 0.0317. The zero-order chi connectivity index (χ0) is 20.5. The number of hydrogen-bond acceptors (Lipinski definition) is 5. The summed E-state index contributed by atoms with van der Waals surface area (Å²) >= 11 is 12.0. The number of methoxy groups -OCH3 is 1. The van der Waals surface area contributed by atoms with Crippen molar-refractivity contribution in [1.82, 2.24) is 4.98 Å². The van der Waals surface area contributed by atoms with Crippen molar-refractivity contribution < 1.29 is 23.9 Å². The summed E-state index contributed by atoms with van der Waals surface area (Å²) in [6.07, 6.45) is -1.08. The van der Waals surface area contributed by atoms with E-state index in [1.54, 1.807) is 13.8 Å². The molecule has 2 aromatic rings. The molecule has 0 aliphatic heterocycles. The summed E-state index contributed by atoms with van der Waals surface area (Å²) in [7, 11) is 1.40. The lowest BCUT2D eigenvalue weighted by Crippen LogP contribution is -2.25. The number of rotatable bonds is 6. The van der Waals surface area contributed by atoms with Gasteiger partial charge in [-0.3, -0.25) is 9.59 Å². The number of halogens is 2. The molecule has 8 heteroatoms. The zero-order valence-electron chi connectivity index (χ0n) is 15.5. The molecule has 27 heavy (non-hydrogen) atoms. The van der Waals surface area contributed by atoms with Crippen molar-refractivity contribution in [1.29, 1.82) is 0 Å². The minimum absolute atomic E-state index is 0.0919. The Morgan fingerprint density at radius 3 is 2.11 bits per heavy atom. The molecule has 6 nitrogen and oxygen atoms in total. The van der Waals surface area contributed by atoms with Crippen LogP contribution in [0.25, 0.3) is 0 Å². The first-order valence-corrected chi connectivity index (χ1v) is 8.82. The molecule has 144 valence electrons. The SMILES string of the molecule is COc1c(Cl)cc(C(=O)O[C@@H](C)C(=O)c2[nH]c(C)c(C(C)=O)c2C)cc1Cl. The van der Waals surface area contributed by atoms with Gasteiger partial charge in [-0.25, -0.2) is 4.79 Å². The molecule has 0 bridgehead atoms. The van der Waals surface area contributed by atoms with E-state index in [-0.39, 0.29) is 32.8 Å². The third-order valence-corrected chi connectivity index (χ3v) is 4.69. The molecule has 0 saturated carbocycles. The fraction of sp³-hybridized carbons (Fsp3) is 0.316. The van der Waals surface area contributed by atoms with Crippen molar-refractivity contribution >= 4 is 40.7 Å². The molecule has 0 aliphatic rings. The fourth-order valence-corrected chi connectivity index (χ4v) is 3.52. The molecule has 1 aromatic carbocycles. The van der Waals surface area contributed by atoms with Crippen LogP contribution in [0.1, 0.15) is 56.3 Å². The summed E-state index contributed by atoms with van der Waals surface area (Å²) in [5.41, 5.74) is 1.92. The summed E-state index contributed by atoms with van der Waals surface area (Å²) in [5, 5.41) is 0.302. The summed E-state index contributed by atoms with van der Waals surface area (Å²) in [5.74, 6) is -1.10. The lowest BCUT2D eigenvalue weighted by atomic mass is 10.0. The lowest BCUT2D eigenvalue weighted by Gasteiger charge is -2.13. The Balaban J connectivity index is 2.23. The average Bonchev–Trinajstić information content (AvgIpc) is 2.88. The van der Waals surface area contributed by atoms with Crippen molar-refractivity contribution in [2.75, 3.05) is 7.11 Å². The Morgan fingerprint density at radius 2 is 1.67 bits per heavy atom. The standard InChI is InChI=1S/C19H19Cl2NO5/c1-8-15(10(3)23)9(2)22-16(8)17(24)11(4)27-19(25)12-6-13(20)18(26-5)14(21)7-12/h6-7,11,22H,1-5H3/t11-/m0/s1. The van der Waals surface area contributed by atoms with Crippen LogP contribution < -0.4 is 4.74 Å². The number of carbonyl (C=O) groups excluding carboxylic acids is 3. The van der Waals surface area contributed by atoms with Crippen molar-refractivity contribution in [3.63, 3.8) is 0 Å². The molecule has 1 N–H and O–H groups in total. The number of nitrogens with one attached hydrogen (secondary N) is 1. The number of ether oxygens (including phenoxy) is 2. The fourth-order valence-electron chi connectivity index (χ4n) is 2.88. The first-order chi connectivity index (χ1) is 12.6. The first-order valence-electron chi connectivity index (χ1n) is 8.06. The van der Waals surface area contributed by atoms with Crippen molar-refractivity contribution in [2.24, 2.45) is 0 Å². The molecular weight excluding hydrogens is 393 g/mol. The molecular formula is C19H19Cl2NO5. The van der Waals surface area contributed by atoms with E-state index in [4.69, 9.17) is 32.7 Å². The number of carbonyl (C=O) groups is 3. The minimum atomic E-state index is -1.08. The molecule has 1 aromatic heterocycles. The Labute approximate surface area is 166 Å². The van der Waals surface area contributed by atoms with Gasteiger partial charge in [-0.05, 0) is 45.4 Å². The number of aryl methyl sites for hydroxylation is 1. The number of aromatic nitrogens is 1. The van der Waals surface area contributed by atoms with Crippen LogP contribution in [-0.4, -0.2) is 35.7 Å². The summed E-state index contributed by atoms with van der Waals surface area (Å²) in [6.45, 7) is 6.26. The molecule has 2 rings (SSSR count). The highest BCUT2D eigenvalue weighted by Crippen LogP contribution is 2.34. The number of aromatic amines is 1. The number of benzene rings is 1. The van der Waals surface area contributed by atoms with E-state index in [0.717, 1.165) is 0 Å². The van der Waals surface area contributed by atoms with Gasteiger partial charge < -0.3 is 14.5 Å². The van der Waals surface area contributed by atoms with Gasteiger partial charge in [0, 0.05) is 11.3 Å². The molecule has 0 fully saturated rings. The van der Waals surface area contributed by atoms with Crippen molar-refractivity contribution in [3.05, 3.63) is 50.3 Å². The van der Waals surface area contributed by atoms with Crippen LogP contribution in [0.4, 0.5) is 0 Å². The molecule has 1 atom stereocenters. The number of esters is 1. The van der Waals surface area contributed by atoms with Gasteiger partial charge in [-0.2, -0.15) is 0 Å². The molecule has 0 aliphatic carbocycles. The Hall–Kier alpha value is -2.31. The van der Waals surface area contributed by atoms with Gasteiger partial charge in [-0.1, -0.05) is 23.2 Å². The normalized spacial score (nSPS) is 11.8. The minimum Gasteiger partial charge on any atom is -0.494 e. The van der Waals surface area contributed by atoms with E-state index in [2.05, 4.69) is 4.98 Å². The van der Waals surface area contributed by atoms with Gasteiger partial charge in [0.15, 0.2) is 17.6 Å². The molecule has 0 unspecified atom stereocenters. The van der Waals surface area contributed by atoms with Gasteiger partial charge in [0.2, 0.25) is 5.78 Å². The third kappa shape index (κ3) is 4.17. The van der Waals surface area contributed by atoms with Crippen LogP contribution in [0.2, 0.25) is 10.0 Å². The van der Waals surface area contributed by atoms with Gasteiger partial charge >= 0.3 is 5.97 Å². The summed E-state index contributed by atoms with van der Waals surface area (Å²) in [6, 6.07) is 2.70. The van der Waals surface area contributed by atoms with E-state index in [1.165, 1.54) is 33.1 Å². The van der Waals surface area contributed by atoms with Crippen LogP contribution in [0.3, 0.4) is 0 Å². The van der Waals surface area contributed by atoms with Crippen molar-refractivity contribution in [2.45, 2.75) is 33.8 Å². The number of hydrogen-bond donors (Lipinski definition) is 1. The predicted molar refractivity (Wildman–Crippen MR) is 102 cm³/mol. The van der Waals surface area contributed by atoms with Crippen LogP contribution in [-0.2, 0) is 4.74 Å². The highest BCUT2D eigenvalue weighted by molar-refractivity contribution is 6.37. The molecule has 0 saturated heterocycles. The predicted octanol–water partition coefficient (Wildman–Crippen LogP) is 4.58. The topological polar surface area (TPSA) is 85.5 Å². The molecule has 1 heterocycles. The maximum absolute atomic E-state index is 12.7. The Bertz CT molecular complexity index is 909. The number of ketones is 2. The van der Waals surface area contributed by atoms with E-state index < -0.39 is 17.9 Å². The van der Waals surface area contributed by atoms with E-state index in [9.17, 15) is 14.4 Å². The van der Waals surface area contributed by atoms with Gasteiger partial charge in [-0.15, -0.1) is 0 Å². The Morgan fingerprint density at radius 1 is 1.11 bits per heavy atom. The number of Topliss-reactive ketones (excluding diaryl/α,β-unsaturated/α-hetero) is 2. The van der Waals surface area contributed by atoms with E-state index >= 15 is 0 Å². The highest BCUT2D eigenvalue weighted by atomic mass is 35.5. The van der Waals surface area contributed by atoms with Crippen LogP contribution in [0.5, 0.6) is 5.75 Å². The van der Waals surface area contributed by atoms with Crippen LogP contribution in [0, 0.1) is 13.8 Å². The Kier molecular flexibility index (Phi) is 6.34. The van der Waals surface area contributed by atoms with Crippen LogP contribution in [0.15, 0.2) is 12.1 Å².